The maximum Gasteiger partial charge on any atom is 0.140 e. The summed E-state index contributed by atoms with van der Waals surface area (Å²) in [6.45, 7) is 3.93. The van der Waals surface area contributed by atoms with Gasteiger partial charge in [0.25, 0.3) is 0 Å². The molecule has 1 aromatic heterocycles. The van der Waals surface area contributed by atoms with Crippen molar-refractivity contribution in [3.05, 3.63) is 23.5 Å². The number of hydrogen-bond acceptors (Lipinski definition) is 4. The molecule has 2 N–H and O–H groups in total. The highest BCUT2D eigenvalue weighted by Crippen LogP contribution is 2.39. The molecule has 0 aliphatic heterocycles. The molecule has 0 saturated heterocycles. The van der Waals surface area contributed by atoms with Crippen molar-refractivity contribution < 1.29 is 9.29 Å². The lowest BCUT2D eigenvalue weighted by atomic mass is 9.80. The maximum absolute atomic E-state index is 11.6. The van der Waals surface area contributed by atoms with E-state index in [9.17, 15) is 4.55 Å². The Balaban J connectivity index is 2.26. The van der Waals surface area contributed by atoms with Crippen LogP contribution in [0.5, 0.6) is 5.75 Å². The minimum absolute atomic E-state index is 0.369. The minimum atomic E-state index is -1.31. The number of nitrogens with zero attached hydrogens (tertiary/aromatic N) is 1. The van der Waals surface area contributed by atoms with Gasteiger partial charge in [-0.25, -0.2) is 0 Å². The van der Waals surface area contributed by atoms with Crippen molar-refractivity contribution in [3.63, 3.8) is 0 Å². The molecular weight excluding hydrogens is 260 g/mol. The van der Waals surface area contributed by atoms with Gasteiger partial charge in [0.1, 0.15) is 10.5 Å². The van der Waals surface area contributed by atoms with Crippen LogP contribution < -0.4 is 9.88 Å². The first kappa shape index (κ1) is 14.6. The molecule has 0 saturated carbocycles. The van der Waals surface area contributed by atoms with Gasteiger partial charge in [0.05, 0.1) is 13.3 Å². The van der Waals surface area contributed by atoms with Gasteiger partial charge in [0.15, 0.2) is 0 Å². The van der Waals surface area contributed by atoms with Crippen LogP contribution in [0.2, 0.25) is 0 Å². The zero-order valence-corrected chi connectivity index (χ0v) is 12.6. The number of pyridine rings is 1. The lowest BCUT2D eigenvalue weighted by Crippen LogP contribution is -2.39. The Kier molecular flexibility index (Phi) is 4.38. The normalized spacial score (nSPS) is 20.8. The van der Waals surface area contributed by atoms with E-state index >= 15 is 0 Å². The van der Waals surface area contributed by atoms with Crippen LogP contribution >= 0.6 is 0 Å². The average molecular weight is 282 g/mol. The first-order chi connectivity index (χ1) is 8.94. The molecule has 5 heteroatoms. The largest absolute Gasteiger partial charge is 0.598 e. The molecular formula is C14H22N2O2S. The third-order valence-electron chi connectivity index (χ3n) is 3.90. The van der Waals surface area contributed by atoms with Gasteiger partial charge >= 0.3 is 0 Å². The number of nitrogens with two attached hydrogens (primary N) is 1. The first-order valence-electron chi connectivity index (χ1n) is 6.63. The standard InChI is InChI=1S/C14H22N2O2S/c1-14(2,19(15)17)8-10-5-4-6-13-12(10)7-11(18-3)9-16-13/h7,9-10H,4-6,8,15H2,1-3H3/t10-,19?/m0/s1. The van der Waals surface area contributed by atoms with Gasteiger partial charge in [-0.3, -0.25) is 4.98 Å². The summed E-state index contributed by atoms with van der Waals surface area (Å²) in [5, 5.41) is 5.60. The lowest BCUT2D eigenvalue weighted by Gasteiger charge is -2.32. The van der Waals surface area contributed by atoms with E-state index in [4.69, 9.17) is 9.88 Å². The van der Waals surface area contributed by atoms with E-state index in [1.165, 1.54) is 5.56 Å². The molecule has 2 rings (SSSR count). The summed E-state index contributed by atoms with van der Waals surface area (Å²) < 4.78 is 16.5. The van der Waals surface area contributed by atoms with E-state index in [0.29, 0.717) is 5.92 Å². The second-order valence-corrected chi connectivity index (χ2v) is 7.46. The van der Waals surface area contributed by atoms with Gasteiger partial charge in [0, 0.05) is 23.5 Å². The number of hydrogen-bond donors (Lipinski definition) is 1. The fourth-order valence-corrected chi connectivity index (χ4v) is 3.09. The van der Waals surface area contributed by atoms with E-state index in [1.807, 2.05) is 13.8 Å². The highest BCUT2D eigenvalue weighted by Gasteiger charge is 2.35. The molecule has 19 heavy (non-hydrogen) atoms. The Hall–Kier alpha value is -0.780. The summed E-state index contributed by atoms with van der Waals surface area (Å²) in [4.78, 5) is 4.48. The van der Waals surface area contributed by atoms with Crippen LogP contribution in [-0.4, -0.2) is 21.4 Å². The molecule has 0 bridgehead atoms. The zero-order valence-electron chi connectivity index (χ0n) is 11.8. The summed E-state index contributed by atoms with van der Waals surface area (Å²) in [5.41, 5.74) is 2.39. The lowest BCUT2D eigenvalue weighted by molar-refractivity contribution is 0.405. The van der Waals surface area contributed by atoms with Gasteiger partial charge in [-0.2, -0.15) is 5.14 Å². The molecule has 1 aliphatic rings. The summed E-state index contributed by atoms with van der Waals surface area (Å²) >= 11 is -1.31. The Morgan fingerprint density at radius 1 is 1.58 bits per heavy atom. The monoisotopic (exact) mass is 282 g/mol. The van der Waals surface area contributed by atoms with Crippen molar-refractivity contribution in [2.45, 2.75) is 50.2 Å². The van der Waals surface area contributed by atoms with Gasteiger partial charge in [-0.1, -0.05) is 0 Å². The molecule has 2 atom stereocenters. The van der Waals surface area contributed by atoms with Crippen molar-refractivity contribution in [2.75, 3.05) is 7.11 Å². The van der Waals surface area contributed by atoms with Crippen LogP contribution in [0.3, 0.4) is 0 Å². The first-order valence-corrected chi connectivity index (χ1v) is 7.84. The summed E-state index contributed by atoms with van der Waals surface area (Å²) in [6.07, 6.45) is 5.83. The molecule has 0 spiro atoms. The van der Waals surface area contributed by atoms with Crippen molar-refractivity contribution in [3.8, 4) is 5.75 Å². The number of aryl methyl sites for hydroxylation is 1. The highest BCUT2D eigenvalue weighted by atomic mass is 32.2. The zero-order chi connectivity index (χ0) is 14.0. The smallest absolute Gasteiger partial charge is 0.140 e. The molecule has 1 aromatic rings. The van der Waals surface area contributed by atoms with E-state index in [1.54, 1.807) is 13.3 Å². The number of rotatable bonds is 4. The third-order valence-corrected chi connectivity index (χ3v) is 5.16. The van der Waals surface area contributed by atoms with Crippen LogP contribution in [0.25, 0.3) is 0 Å². The molecule has 0 aromatic carbocycles. The van der Waals surface area contributed by atoms with E-state index < -0.39 is 11.4 Å². The number of ether oxygens (including phenoxy) is 1. The molecule has 4 nitrogen and oxygen atoms in total. The summed E-state index contributed by atoms with van der Waals surface area (Å²) in [6, 6.07) is 2.07. The molecule has 1 unspecified atom stereocenters. The van der Waals surface area contributed by atoms with Crippen molar-refractivity contribution >= 4 is 11.4 Å². The van der Waals surface area contributed by atoms with Crippen molar-refractivity contribution in [2.24, 2.45) is 5.14 Å². The Bertz CT molecular complexity index is 449. The third kappa shape index (κ3) is 3.22. The van der Waals surface area contributed by atoms with Crippen LogP contribution in [0.1, 0.15) is 50.3 Å². The van der Waals surface area contributed by atoms with Gasteiger partial charge in [-0.15, -0.1) is 0 Å². The van der Waals surface area contributed by atoms with Gasteiger partial charge < -0.3 is 9.29 Å². The Labute approximate surface area is 118 Å². The van der Waals surface area contributed by atoms with Crippen LogP contribution in [0, 0.1) is 0 Å². The predicted octanol–water partition coefficient (Wildman–Crippen LogP) is 2.30. The SMILES string of the molecule is COc1cnc2c(c1)[C@H](CC(C)(C)[S+](N)[O-])CCC2. The minimum Gasteiger partial charge on any atom is -0.598 e. The number of aromatic nitrogens is 1. The fraction of sp³-hybridized carbons (Fsp3) is 0.643. The quantitative estimate of drug-likeness (QED) is 0.860. The maximum atomic E-state index is 11.6. The summed E-state index contributed by atoms with van der Waals surface area (Å²) in [5.74, 6) is 1.16. The van der Waals surface area contributed by atoms with Crippen molar-refractivity contribution in [1.29, 1.82) is 0 Å². The van der Waals surface area contributed by atoms with Crippen LogP contribution in [-0.2, 0) is 17.8 Å². The van der Waals surface area contributed by atoms with Crippen molar-refractivity contribution in [1.82, 2.24) is 4.98 Å². The Morgan fingerprint density at radius 3 is 2.95 bits per heavy atom. The number of fused-ring (bicyclic) bond motifs is 1. The fourth-order valence-electron chi connectivity index (χ4n) is 2.72. The molecule has 0 fully saturated rings. The molecule has 106 valence electrons. The predicted molar refractivity (Wildman–Crippen MR) is 77.5 cm³/mol. The Morgan fingerprint density at radius 2 is 2.32 bits per heavy atom. The second kappa shape index (κ2) is 5.69. The second-order valence-electron chi connectivity index (χ2n) is 5.76. The summed E-state index contributed by atoms with van der Waals surface area (Å²) in [7, 11) is 1.65. The molecule has 0 amide bonds. The molecule has 1 aliphatic carbocycles. The van der Waals surface area contributed by atoms with E-state index in [2.05, 4.69) is 11.1 Å². The highest BCUT2D eigenvalue weighted by molar-refractivity contribution is 7.90. The topological polar surface area (TPSA) is 71.2 Å². The van der Waals surface area contributed by atoms with Crippen LogP contribution in [0.15, 0.2) is 12.3 Å². The average Bonchev–Trinajstić information content (AvgIpc) is 2.38. The molecule has 1 heterocycles. The molecule has 0 radical (unpaired) electrons. The van der Waals surface area contributed by atoms with Gasteiger partial charge in [-0.05, 0) is 50.7 Å². The van der Waals surface area contributed by atoms with Crippen LogP contribution in [0.4, 0.5) is 0 Å². The number of methoxy groups -OCH3 is 1. The van der Waals surface area contributed by atoms with Gasteiger partial charge in [0.2, 0.25) is 0 Å². The van der Waals surface area contributed by atoms with E-state index in [-0.39, 0.29) is 4.75 Å². The van der Waals surface area contributed by atoms with E-state index in [0.717, 1.165) is 37.1 Å².